The fraction of sp³-hybridized carbons (Fsp3) is 0.667. The van der Waals surface area contributed by atoms with Gasteiger partial charge in [-0.25, -0.2) is 4.79 Å². The normalized spacial score (nSPS) is 12.7. The fourth-order valence-corrected chi connectivity index (χ4v) is 0.796. The highest BCUT2D eigenvalue weighted by molar-refractivity contribution is 5.86. The van der Waals surface area contributed by atoms with Gasteiger partial charge in [0.25, 0.3) is 0 Å². The van der Waals surface area contributed by atoms with Gasteiger partial charge in [-0.1, -0.05) is 6.58 Å². The lowest BCUT2D eigenvalue weighted by Gasteiger charge is -2.17. The zero-order chi connectivity index (χ0) is 10.4. The van der Waals surface area contributed by atoms with E-state index in [1.165, 1.54) is 0 Å². The summed E-state index contributed by atoms with van der Waals surface area (Å²) in [5.41, 5.74) is 0.380. The molecule has 0 aromatic rings. The predicted octanol–water partition coefficient (Wildman–Crippen LogP) is 0.376. The van der Waals surface area contributed by atoms with Gasteiger partial charge in [0.05, 0.1) is 6.10 Å². The highest BCUT2D eigenvalue weighted by atomic mass is 16.5. The Bertz CT molecular complexity index is 189. The molecule has 0 spiro atoms. The molecule has 0 aliphatic carbocycles. The van der Waals surface area contributed by atoms with Crippen LogP contribution in [0.15, 0.2) is 12.2 Å². The number of esters is 1. The summed E-state index contributed by atoms with van der Waals surface area (Å²) < 4.78 is 4.84. The Labute approximate surface area is 78.8 Å². The lowest BCUT2D eigenvalue weighted by atomic mass is 10.4. The van der Waals surface area contributed by atoms with E-state index in [9.17, 15) is 4.79 Å². The summed E-state index contributed by atoms with van der Waals surface area (Å²) >= 11 is 0. The van der Waals surface area contributed by atoms with Crippen molar-refractivity contribution in [1.29, 1.82) is 0 Å². The van der Waals surface area contributed by atoms with Crippen molar-refractivity contribution in [3.63, 3.8) is 0 Å². The van der Waals surface area contributed by atoms with Gasteiger partial charge in [0.2, 0.25) is 0 Å². The van der Waals surface area contributed by atoms with Crippen LogP contribution in [0.5, 0.6) is 0 Å². The van der Waals surface area contributed by atoms with Crippen LogP contribution in [0.3, 0.4) is 0 Å². The molecular formula is C9H17NO3. The first kappa shape index (κ1) is 12.1. The number of hydrogen-bond acceptors (Lipinski definition) is 4. The largest absolute Gasteiger partial charge is 0.446 e. The number of aliphatic hydroxyl groups is 1. The molecule has 0 aromatic heterocycles. The van der Waals surface area contributed by atoms with E-state index >= 15 is 0 Å². The first-order valence-corrected chi connectivity index (χ1v) is 4.12. The number of carbonyl (C=O) groups is 1. The summed E-state index contributed by atoms with van der Waals surface area (Å²) in [5, 5.41) is 9.00. The Morgan fingerprint density at radius 3 is 2.62 bits per heavy atom. The van der Waals surface area contributed by atoms with Gasteiger partial charge in [-0.15, -0.1) is 0 Å². The number of hydrogen-bond donors (Lipinski definition) is 1. The monoisotopic (exact) mass is 187 g/mol. The minimum Gasteiger partial charge on any atom is -0.446 e. The zero-order valence-electron chi connectivity index (χ0n) is 8.41. The molecule has 4 heteroatoms. The van der Waals surface area contributed by atoms with Gasteiger partial charge in [0, 0.05) is 12.1 Å². The van der Waals surface area contributed by atoms with Gasteiger partial charge in [0.1, 0.15) is 6.73 Å². The third-order valence-electron chi connectivity index (χ3n) is 1.34. The molecule has 76 valence electrons. The lowest BCUT2D eigenvalue weighted by molar-refractivity contribution is -0.143. The third kappa shape index (κ3) is 6.31. The third-order valence-corrected chi connectivity index (χ3v) is 1.34. The van der Waals surface area contributed by atoms with Crippen molar-refractivity contribution in [1.82, 2.24) is 4.90 Å². The van der Waals surface area contributed by atoms with Crippen molar-refractivity contribution in [3.8, 4) is 0 Å². The fourth-order valence-electron chi connectivity index (χ4n) is 0.796. The molecule has 1 atom stereocenters. The van der Waals surface area contributed by atoms with Crippen LogP contribution in [0.1, 0.15) is 13.8 Å². The molecule has 0 bridgehead atoms. The van der Waals surface area contributed by atoms with E-state index in [2.05, 4.69) is 6.58 Å². The molecule has 0 saturated carbocycles. The molecule has 1 N–H and O–H groups in total. The minimum absolute atomic E-state index is 0.177. The van der Waals surface area contributed by atoms with Gasteiger partial charge < -0.3 is 9.84 Å². The van der Waals surface area contributed by atoms with Crippen molar-refractivity contribution in [2.45, 2.75) is 20.0 Å². The SMILES string of the molecule is C=C(C)C(=O)OCN(C)CC(C)O. The van der Waals surface area contributed by atoms with Gasteiger partial charge in [0.15, 0.2) is 0 Å². The quantitative estimate of drug-likeness (QED) is 0.384. The van der Waals surface area contributed by atoms with Crippen LogP contribution in [0.4, 0.5) is 0 Å². The summed E-state index contributed by atoms with van der Waals surface area (Å²) in [6.07, 6.45) is -0.423. The van der Waals surface area contributed by atoms with Crippen LogP contribution in [0, 0.1) is 0 Å². The van der Waals surface area contributed by atoms with Crippen LogP contribution < -0.4 is 0 Å². The van der Waals surface area contributed by atoms with Crippen LogP contribution in [-0.2, 0) is 9.53 Å². The molecule has 0 aliphatic heterocycles. The second kappa shape index (κ2) is 5.72. The first-order valence-electron chi connectivity index (χ1n) is 4.12. The van der Waals surface area contributed by atoms with E-state index < -0.39 is 12.1 Å². The molecule has 0 amide bonds. The first-order chi connectivity index (χ1) is 5.93. The summed E-state index contributed by atoms with van der Waals surface area (Å²) in [7, 11) is 1.76. The Morgan fingerprint density at radius 2 is 2.23 bits per heavy atom. The number of likely N-dealkylation sites (N-methyl/N-ethyl adjacent to an activating group) is 1. The maximum Gasteiger partial charge on any atom is 0.334 e. The van der Waals surface area contributed by atoms with Crippen LogP contribution in [0.2, 0.25) is 0 Å². The van der Waals surface area contributed by atoms with Gasteiger partial charge in [-0.05, 0) is 20.9 Å². The van der Waals surface area contributed by atoms with Crippen LogP contribution >= 0.6 is 0 Å². The number of carbonyl (C=O) groups excluding carboxylic acids is 1. The summed E-state index contributed by atoms with van der Waals surface area (Å²) in [6, 6.07) is 0. The van der Waals surface area contributed by atoms with E-state index in [1.54, 1.807) is 25.8 Å². The van der Waals surface area contributed by atoms with Gasteiger partial charge >= 0.3 is 5.97 Å². The Morgan fingerprint density at radius 1 is 1.69 bits per heavy atom. The molecule has 1 unspecified atom stereocenters. The van der Waals surface area contributed by atoms with E-state index in [4.69, 9.17) is 9.84 Å². The Kier molecular flexibility index (Phi) is 5.34. The molecule has 0 radical (unpaired) electrons. The van der Waals surface area contributed by atoms with E-state index in [1.807, 2.05) is 0 Å². The van der Waals surface area contributed by atoms with E-state index in [-0.39, 0.29) is 6.73 Å². The van der Waals surface area contributed by atoms with Gasteiger partial charge in [-0.3, -0.25) is 4.90 Å². The second-order valence-corrected chi connectivity index (χ2v) is 3.23. The molecule has 13 heavy (non-hydrogen) atoms. The maximum absolute atomic E-state index is 10.9. The molecule has 0 saturated heterocycles. The molecule has 4 nitrogen and oxygen atoms in total. The van der Waals surface area contributed by atoms with E-state index in [0.29, 0.717) is 12.1 Å². The average Bonchev–Trinajstić information content (AvgIpc) is 1.98. The highest BCUT2D eigenvalue weighted by Gasteiger charge is 2.06. The maximum atomic E-state index is 10.9. The molecule has 0 heterocycles. The van der Waals surface area contributed by atoms with Crippen molar-refractivity contribution in [2.75, 3.05) is 20.3 Å². The van der Waals surface area contributed by atoms with Crippen LogP contribution in [-0.4, -0.2) is 42.4 Å². The second-order valence-electron chi connectivity index (χ2n) is 3.23. The number of aliphatic hydroxyl groups excluding tert-OH is 1. The number of nitrogens with zero attached hydrogens (tertiary/aromatic N) is 1. The standard InChI is InChI=1S/C9H17NO3/c1-7(2)9(12)13-6-10(4)5-8(3)11/h8,11H,1,5-6H2,2-4H3. The molecule has 0 aromatic carbocycles. The summed E-state index contributed by atoms with van der Waals surface area (Å²) in [6.45, 7) is 7.38. The van der Waals surface area contributed by atoms with E-state index in [0.717, 1.165) is 0 Å². The van der Waals surface area contributed by atoms with Crippen LogP contribution in [0.25, 0.3) is 0 Å². The summed E-state index contributed by atoms with van der Waals surface area (Å²) in [4.78, 5) is 12.6. The number of ether oxygens (including phenoxy) is 1. The zero-order valence-corrected chi connectivity index (χ0v) is 8.41. The Balaban J connectivity index is 3.64. The average molecular weight is 187 g/mol. The predicted molar refractivity (Wildman–Crippen MR) is 50.1 cm³/mol. The molecular weight excluding hydrogens is 170 g/mol. The van der Waals surface area contributed by atoms with Crippen molar-refractivity contribution in [2.24, 2.45) is 0 Å². The van der Waals surface area contributed by atoms with Gasteiger partial charge in [-0.2, -0.15) is 0 Å². The topological polar surface area (TPSA) is 49.8 Å². The summed E-state index contributed by atoms with van der Waals surface area (Å²) in [5.74, 6) is -0.405. The highest BCUT2D eigenvalue weighted by Crippen LogP contribution is 1.94. The Hall–Kier alpha value is -0.870. The smallest absolute Gasteiger partial charge is 0.334 e. The number of rotatable bonds is 5. The van der Waals surface area contributed by atoms with Crippen molar-refractivity contribution < 1.29 is 14.6 Å². The van der Waals surface area contributed by atoms with Crippen molar-refractivity contribution in [3.05, 3.63) is 12.2 Å². The minimum atomic E-state index is -0.423. The molecule has 0 fully saturated rings. The lowest BCUT2D eigenvalue weighted by Crippen LogP contribution is -2.30. The van der Waals surface area contributed by atoms with Crippen molar-refractivity contribution >= 4 is 5.97 Å². The molecule has 0 aliphatic rings. The molecule has 0 rings (SSSR count).